The number of nitrogens with one attached hydrogen (secondary N) is 1. The van der Waals surface area contributed by atoms with Crippen LogP contribution in [0, 0.1) is 5.41 Å². The molecule has 2 rings (SSSR count). The molecule has 1 unspecified atom stereocenters. The topological polar surface area (TPSA) is 29.1 Å². The summed E-state index contributed by atoms with van der Waals surface area (Å²) < 4.78 is 0. The third-order valence-corrected chi connectivity index (χ3v) is 4.05. The molecule has 1 aromatic rings. The van der Waals surface area contributed by atoms with Crippen molar-refractivity contribution in [1.82, 2.24) is 0 Å². The average Bonchev–Trinajstić information content (AvgIpc) is 2.58. The second kappa shape index (κ2) is 4.91. The first-order valence-corrected chi connectivity index (χ1v) is 7.53. The lowest BCUT2D eigenvalue weighted by molar-refractivity contribution is -0.117. The van der Waals surface area contributed by atoms with E-state index in [-0.39, 0.29) is 22.7 Å². The van der Waals surface area contributed by atoms with Gasteiger partial charge in [-0.25, -0.2) is 0 Å². The number of benzene rings is 1. The van der Waals surface area contributed by atoms with Crippen LogP contribution in [-0.2, 0) is 10.2 Å². The fourth-order valence-electron chi connectivity index (χ4n) is 2.66. The van der Waals surface area contributed by atoms with E-state index in [0.717, 1.165) is 18.5 Å². The summed E-state index contributed by atoms with van der Waals surface area (Å²) in [6, 6.07) is 6.41. The van der Waals surface area contributed by atoms with Crippen LogP contribution in [0.5, 0.6) is 0 Å². The molecule has 20 heavy (non-hydrogen) atoms. The highest BCUT2D eigenvalue weighted by Crippen LogP contribution is 2.39. The van der Waals surface area contributed by atoms with Gasteiger partial charge in [0.15, 0.2) is 0 Å². The summed E-state index contributed by atoms with van der Waals surface area (Å²) in [6.07, 6.45) is 1.99. The SMILES string of the molecule is CC(C)(C)CCC1C(=O)Nc2ccc(C(C)(C)C)cc21. The fourth-order valence-corrected chi connectivity index (χ4v) is 2.66. The molecule has 1 aromatic carbocycles. The van der Waals surface area contributed by atoms with Gasteiger partial charge < -0.3 is 5.32 Å². The molecule has 1 heterocycles. The Bertz CT molecular complexity index is 517. The quantitative estimate of drug-likeness (QED) is 0.820. The zero-order valence-corrected chi connectivity index (χ0v) is 13.6. The van der Waals surface area contributed by atoms with Gasteiger partial charge in [0.05, 0.1) is 5.92 Å². The van der Waals surface area contributed by atoms with Gasteiger partial charge in [-0.3, -0.25) is 4.79 Å². The van der Waals surface area contributed by atoms with Gasteiger partial charge in [-0.1, -0.05) is 53.7 Å². The maximum atomic E-state index is 12.2. The van der Waals surface area contributed by atoms with E-state index in [1.807, 2.05) is 0 Å². The molecule has 0 radical (unpaired) electrons. The molecule has 110 valence electrons. The Morgan fingerprint density at radius 3 is 2.30 bits per heavy atom. The molecule has 1 amide bonds. The molecule has 0 aliphatic carbocycles. The van der Waals surface area contributed by atoms with E-state index < -0.39 is 0 Å². The Balaban J connectivity index is 2.28. The second-order valence-corrected chi connectivity index (χ2v) is 8.19. The smallest absolute Gasteiger partial charge is 0.232 e. The van der Waals surface area contributed by atoms with Crippen molar-refractivity contribution in [2.24, 2.45) is 5.41 Å². The van der Waals surface area contributed by atoms with Gasteiger partial charge in [-0.05, 0) is 40.9 Å². The summed E-state index contributed by atoms with van der Waals surface area (Å²) in [5.41, 5.74) is 3.88. The van der Waals surface area contributed by atoms with Crippen molar-refractivity contribution in [3.63, 3.8) is 0 Å². The van der Waals surface area contributed by atoms with E-state index in [1.54, 1.807) is 0 Å². The predicted molar refractivity (Wildman–Crippen MR) is 85.2 cm³/mol. The maximum Gasteiger partial charge on any atom is 0.232 e. The fraction of sp³-hybridized carbons (Fsp3) is 0.611. The highest BCUT2D eigenvalue weighted by Gasteiger charge is 2.32. The van der Waals surface area contributed by atoms with Gasteiger partial charge in [-0.2, -0.15) is 0 Å². The Kier molecular flexibility index (Phi) is 3.70. The Morgan fingerprint density at radius 1 is 1.10 bits per heavy atom. The second-order valence-electron chi connectivity index (χ2n) is 8.19. The van der Waals surface area contributed by atoms with Crippen molar-refractivity contribution in [2.45, 2.75) is 65.7 Å². The standard InChI is InChI=1S/C18H27NO/c1-17(2,3)10-9-13-14-11-12(18(4,5)6)7-8-15(14)19-16(13)20/h7-8,11,13H,9-10H2,1-6H3,(H,19,20). The summed E-state index contributed by atoms with van der Waals surface area (Å²) in [6.45, 7) is 13.3. The van der Waals surface area contributed by atoms with E-state index in [0.29, 0.717) is 0 Å². The summed E-state index contributed by atoms with van der Waals surface area (Å²) in [5.74, 6) is 0.182. The summed E-state index contributed by atoms with van der Waals surface area (Å²) in [5, 5.41) is 3.02. The van der Waals surface area contributed by atoms with E-state index in [9.17, 15) is 4.79 Å². The highest BCUT2D eigenvalue weighted by molar-refractivity contribution is 6.02. The van der Waals surface area contributed by atoms with E-state index >= 15 is 0 Å². The molecule has 1 aliphatic heterocycles. The molecule has 1 N–H and O–H groups in total. The zero-order valence-electron chi connectivity index (χ0n) is 13.6. The van der Waals surface area contributed by atoms with Gasteiger partial charge in [0.2, 0.25) is 5.91 Å². The van der Waals surface area contributed by atoms with Gasteiger partial charge in [0, 0.05) is 5.69 Å². The summed E-state index contributed by atoms with van der Waals surface area (Å²) in [4.78, 5) is 12.2. The number of carbonyl (C=O) groups is 1. The van der Waals surface area contributed by atoms with Crippen LogP contribution in [0.25, 0.3) is 0 Å². The Labute approximate surface area is 123 Å². The minimum atomic E-state index is 0.0199. The molecular weight excluding hydrogens is 246 g/mol. The molecule has 0 aromatic heterocycles. The monoisotopic (exact) mass is 273 g/mol. The molecule has 0 bridgehead atoms. The number of amides is 1. The molecule has 0 saturated carbocycles. The molecule has 0 fully saturated rings. The minimum absolute atomic E-state index is 0.0199. The number of carbonyl (C=O) groups excluding carboxylic acids is 1. The van der Waals surface area contributed by atoms with Crippen LogP contribution in [0.3, 0.4) is 0 Å². The first kappa shape index (κ1) is 15.1. The third-order valence-electron chi connectivity index (χ3n) is 4.05. The molecule has 0 saturated heterocycles. The molecule has 2 nitrogen and oxygen atoms in total. The number of hydrogen-bond acceptors (Lipinski definition) is 1. The van der Waals surface area contributed by atoms with Crippen molar-refractivity contribution in [3.8, 4) is 0 Å². The van der Waals surface area contributed by atoms with Gasteiger partial charge in [-0.15, -0.1) is 0 Å². The van der Waals surface area contributed by atoms with Gasteiger partial charge in [0.1, 0.15) is 0 Å². The van der Waals surface area contributed by atoms with Crippen molar-refractivity contribution in [3.05, 3.63) is 29.3 Å². The Morgan fingerprint density at radius 2 is 1.75 bits per heavy atom. The van der Waals surface area contributed by atoms with Crippen molar-refractivity contribution in [1.29, 1.82) is 0 Å². The van der Waals surface area contributed by atoms with Crippen molar-refractivity contribution in [2.75, 3.05) is 5.32 Å². The maximum absolute atomic E-state index is 12.2. The summed E-state index contributed by atoms with van der Waals surface area (Å²) in [7, 11) is 0. The molecule has 1 atom stereocenters. The van der Waals surface area contributed by atoms with Crippen LogP contribution in [0.15, 0.2) is 18.2 Å². The van der Waals surface area contributed by atoms with Gasteiger partial charge >= 0.3 is 0 Å². The average molecular weight is 273 g/mol. The lowest BCUT2D eigenvalue weighted by Gasteiger charge is -2.22. The lowest BCUT2D eigenvalue weighted by atomic mass is 9.82. The van der Waals surface area contributed by atoms with E-state index in [1.165, 1.54) is 11.1 Å². The van der Waals surface area contributed by atoms with Crippen molar-refractivity contribution < 1.29 is 4.79 Å². The number of anilines is 1. The third kappa shape index (κ3) is 3.23. The zero-order chi connectivity index (χ0) is 15.1. The van der Waals surface area contributed by atoms with Crippen LogP contribution in [0.4, 0.5) is 5.69 Å². The van der Waals surface area contributed by atoms with E-state index in [4.69, 9.17) is 0 Å². The largest absolute Gasteiger partial charge is 0.325 e. The van der Waals surface area contributed by atoms with E-state index in [2.05, 4.69) is 65.1 Å². The minimum Gasteiger partial charge on any atom is -0.325 e. The van der Waals surface area contributed by atoms with Crippen LogP contribution in [-0.4, -0.2) is 5.91 Å². The van der Waals surface area contributed by atoms with Crippen molar-refractivity contribution >= 4 is 11.6 Å². The highest BCUT2D eigenvalue weighted by atomic mass is 16.2. The molecular formula is C18H27NO. The number of fused-ring (bicyclic) bond motifs is 1. The Hall–Kier alpha value is -1.31. The summed E-state index contributed by atoms with van der Waals surface area (Å²) >= 11 is 0. The first-order valence-electron chi connectivity index (χ1n) is 7.53. The molecule has 2 heteroatoms. The predicted octanol–water partition coefficient (Wildman–Crippen LogP) is 4.85. The molecule has 0 spiro atoms. The molecule has 1 aliphatic rings. The van der Waals surface area contributed by atoms with Crippen LogP contribution < -0.4 is 5.32 Å². The van der Waals surface area contributed by atoms with Crippen LogP contribution in [0.1, 0.15) is 71.4 Å². The normalized spacial score (nSPS) is 18.9. The van der Waals surface area contributed by atoms with Crippen LogP contribution >= 0.6 is 0 Å². The number of rotatable bonds is 2. The lowest BCUT2D eigenvalue weighted by Crippen LogP contribution is -2.15. The first-order chi connectivity index (χ1) is 9.08. The number of hydrogen-bond donors (Lipinski definition) is 1. The van der Waals surface area contributed by atoms with Gasteiger partial charge in [0.25, 0.3) is 0 Å². The van der Waals surface area contributed by atoms with Crippen LogP contribution in [0.2, 0.25) is 0 Å².